The lowest BCUT2D eigenvalue weighted by atomic mass is 10.2. The van der Waals surface area contributed by atoms with Gasteiger partial charge in [-0.25, -0.2) is 9.97 Å². The van der Waals surface area contributed by atoms with Crippen LogP contribution in [-0.2, 0) is 6.18 Å². The highest BCUT2D eigenvalue weighted by Gasteiger charge is 2.32. The molecular weight excluding hydrogens is 207 g/mol. The number of hydrogen-bond acceptors (Lipinski definition) is 3. The number of anilines is 1. The van der Waals surface area contributed by atoms with Crippen LogP contribution in [-0.4, -0.2) is 16.0 Å². The Kier molecular flexibility index (Phi) is 3.49. The van der Waals surface area contributed by atoms with Crippen molar-refractivity contribution in [1.29, 1.82) is 0 Å². The summed E-state index contributed by atoms with van der Waals surface area (Å²) in [6.45, 7) is 3.80. The predicted octanol–water partition coefficient (Wildman–Crippen LogP) is 2.71. The molecule has 0 saturated heterocycles. The van der Waals surface area contributed by atoms with E-state index in [0.29, 0.717) is 0 Å². The normalized spacial score (nSPS) is 13.7. The van der Waals surface area contributed by atoms with Gasteiger partial charge in [0.25, 0.3) is 0 Å². The van der Waals surface area contributed by atoms with E-state index in [1.54, 1.807) is 0 Å². The molecule has 15 heavy (non-hydrogen) atoms. The summed E-state index contributed by atoms with van der Waals surface area (Å²) in [5.74, 6) is 0.201. The first-order valence-corrected chi connectivity index (χ1v) is 4.59. The van der Waals surface area contributed by atoms with Crippen molar-refractivity contribution in [2.45, 2.75) is 32.5 Å². The van der Waals surface area contributed by atoms with E-state index in [9.17, 15) is 13.2 Å². The Morgan fingerprint density at radius 2 is 2.07 bits per heavy atom. The Morgan fingerprint density at radius 3 is 2.60 bits per heavy atom. The van der Waals surface area contributed by atoms with Gasteiger partial charge < -0.3 is 5.32 Å². The molecule has 0 amide bonds. The molecule has 0 bridgehead atoms. The first kappa shape index (κ1) is 11.7. The molecule has 84 valence electrons. The molecule has 6 heteroatoms. The predicted molar refractivity (Wildman–Crippen MR) is 50.4 cm³/mol. The summed E-state index contributed by atoms with van der Waals surface area (Å²) in [4.78, 5) is 6.89. The summed E-state index contributed by atoms with van der Waals surface area (Å²) in [6.07, 6.45) is -2.70. The molecule has 0 radical (unpaired) electrons. The van der Waals surface area contributed by atoms with E-state index in [4.69, 9.17) is 0 Å². The van der Waals surface area contributed by atoms with Gasteiger partial charge in [-0.3, -0.25) is 0 Å². The lowest BCUT2D eigenvalue weighted by Gasteiger charge is -2.13. The molecule has 1 aromatic rings. The van der Waals surface area contributed by atoms with E-state index in [1.807, 2.05) is 13.8 Å². The van der Waals surface area contributed by atoms with Gasteiger partial charge in [0.1, 0.15) is 17.8 Å². The number of hydrogen-bond donors (Lipinski definition) is 1. The number of rotatable bonds is 3. The van der Waals surface area contributed by atoms with E-state index in [0.717, 1.165) is 18.8 Å². The van der Waals surface area contributed by atoms with Crippen molar-refractivity contribution in [3.63, 3.8) is 0 Å². The van der Waals surface area contributed by atoms with Crippen LogP contribution < -0.4 is 5.32 Å². The highest BCUT2D eigenvalue weighted by Crippen LogP contribution is 2.28. The van der Waals surface area contributed by atoms with Gasteiger partial charge in [-0.15, -0.1) is 0 Å². The van der Waals surface area contributed by atoms with Crippen molar-refractivity contribution in [3.8, 4) is 0 Å². The second-order valence-corrected chi connectivity index (χ2v) is 3.24. The molecule has 0 aliphatic rings. The minimum Gasteiger partial charge on any atom is -0.368 e. The number of aromatic nitrogens is 2. The Morgan fingerprint density at radius 1 is 1.40 bits per heavy atom. The third kappa shape index (κ3) is 3.38. The molecule has 3 nitrogen and oxygen atoms in total. The molecule has 0 saturated carbocycles. The smallest absolute Gasteiger partial charge is 0.368 e. The third-order valence-corrected chi connectivity index (χ3v) is 1.96. The molecule has 0 aromatic carbocycles. The van der Waals surface area contributed by atoms with Crippen LogP contribution in [0, 0.1) is 0 Å². The zero-order valence-electron chi connectivity index (χ0n) is 8.47. The Bertz CT molecular complexity index is 325. The molecule has 0 fully saturated rings. The van der Waals surface area contributed by atoms with Crippen molar-refractivity contribution in [1.82, 2.24) is 9.97 Å². The van der Waals surface area contributed by atoms with Crippen molar-refractivity contribution < 1.29 is 13.2 Å². The molecule has 1 aromatic heterocycles. The van der Waals surface area contributed by atoms with Gasteiger partial charge in [-0.1, -0.05) is 6.92 Å². The summed E-state index contributed by atoms with van der Waals surface area (Å²) in [6, 6.07) is 0.993. The largest absolute Gasteiger partial charge is 0.433 e. The second kappa shape index (κ2) is 4.46. The molecule has 0 aliphatic heterocycles. The fourth-order valence-corrected chi connectivity index (χ4v) is 0.946. The fraction of sp³-hybridized carbons (Fsp3) is 0.556. The SMILES string of the molecule is CCC(C)Nc1cc(C(F)(F)F)ncn1. The van der Waals surface area contributed by atoms with Gasteiger partial charge in [-0.2, -0.15) is 13.2 Å². The van der Waals surface area contributed by atoms with Crippen LogP contribution >= 0.6 is 0 Å². The minimum absolute atomic E-state index is 0.0842. The summed E-state index contributed by atoms with van der Waals surface area (Å²) in [7, 11) is 0. The average molecular weight is 219 g/mol. The van der Waals surface area contributed by atoms with Gasteiger partial charge in [0.2, 0.25) is 0 Å². The van der Waals surface area contributed by atoms with E-state index in [2.05, 4.69) is 15.3 Å². The molecular formula is C9H12F3N3. The van der Waals surface area contributed by atoms with Crippen molar-refractivity contribution in [3.05, 3.63) is 18.1 Å². The maximum absolute atomic E-state index is 12.3. The minimum atomic E-state index is -4.42. The van der Waals surface area contributed by atoms with Crippen LogP contribution in [0.25, 0.3) is 0 Å². The number of halogens is 3. The van der Waals surface area contributed by atoms with Gasteiger partial charge >= 0.3 is 6.18 Å². The molecule has 1 atom stereocenters. The number of nitrogens with one attached hydrogen (secondary N) is 1. The topological polar surface area (TPSA) is 37.8 Å². The summed E-state index contributed by atoms with van der Waals surface area (Å²) < 4.78 is 36.8. The maximum Gasteiger partial charge on any atom is 0.433 e. The van der Waals surface area contributed by atoms with E-state index < -0.39 is 11.9 Å². The monoisotopic (exact) mass is 219 g/mol. The van der Waals surface area contributed by atoms with Crippen LogP contribution in [0.1, 0.15) is 26.0 Å². The molecule has 0 aliphatic carbocycles. The van der Waals surface area contributed by atoms with E-state index in [1.165, 1.54) is 0 Å². The van der Waals surface area contributed by atoms with Crippen LogP contribution in [0.5, 0.6) is 0 Å². The number of nitrogens with zero attached hydrogens (tertiary/aromatic N) is 2. The second-order valence-electron chi connectivity index (χ2n) is 3.24. The summed E-state index contributed by atoms with van der Waals surface area (Å²) in [5, 5.41) is 2.85. The zero-order chi connectivity index (χ0) is 11.5. The first-order valence-electron chi connectivity index (χ1n) is 4.59. The van der Waals surface area contributed by atoms with Gasteiger partial charge in [0, 0.05) is 12.1 Å². The van der Waals surface area contributed by atoms with Crippen LogP contribution in [0.4, 0.5) is 19.0 Å². The Hall–Kier alpha value is -1.33. The Labute approximate surface area is 85.7 Å². The van der Waals surface area contributed by atoms with Crippen LogP contribution in [0.2, 0.25) is 0 Å². The third-order valence-electron chi connectivity index (χ3n) is 1.96. The zero-order valence-corrected chi connectivity index (χ0v) is 8.47. The molecule has 1 rings (SSSR count). The van der Waals surface area contributed by atoms with Crippen molar-refractivity contribution >= 4 is 5.82 Å². The van der Waals surface area contributed by atoms with E-state index >= 15 is 0 Å². The van der Waals surface area contributed by atoms with Crippen LogP contribution in [0.15, 0.2) is 12.4 Å². The van der Waals surface area contributed by atoms with Gasteiger partial charge in [0.15, 0.2) is 0 Å². The lowest BCUT2D eigenvalue weighted by molar-refractivity contribution is -0.141. The highest BCUT2D eigenvalue weighted by atomic mass is 19.4. The molecule has 1 heterocycles. The first-order chi connectivity index (χ1) is 6.93. The molecule has 1 unspecified atom stereocenters. The van der Waals surface area contributed by atoms with Crippen LogP contribution in [0.3, 0.4) is 0 Å². The standard InChI is InChI=1S/C9H12F3N3/c1-3-6(2)15-8-4-7(9(10,11)12)13-5-14-8/h4-6H,3H2,1-2H3,(H,13,14,15). The maximum atomic E-state index is 12.3. The average Bonchev–Trinajstić information content (AvgIpc) is 2.17. The van der Waals surface area contributed by atoms with Crippen molar-refractivity contribution in [2.75, 3.05) is 5.32 Å². The van der Waals surface area contributed by atoms with Gasteiger partial charge in [0.05, 0.1) is 0 Å². The lowest BCUT2D eigenvalue weighted by Crippen LogP contribution is -2.16. The fourth-order valence-electron chi connectivity index (χ4n) is 0.946. The Balaban J connectivity index is 2.84. The molecule has 1 N–H and O–H groups in total. The summed E-state index contributed by atoms with van der Waals surface area (Å²) in [5.41, 5.74) is -0.927. The van der Waals surface area contributed by atoms with Gasteiger partial charge in [-0.05, 0) is 13.3 Å². The van der Waals surface area contributed by atoms with E-state index in [-0.39, 0.29) is 11.9 Å². The quantitative estimate of drug-likeness (QED) is 0.849. The molecule has 0 spiro atoms. The highest BCUT2D eigenvalue weighted by molar-refractivity contribution is 5.36. The van der Waals surface area contributed by atoms with Crippen molar-refractivity contribution in [2.24, 2.45) is 0 Å². The number of alkyl halides is 3. The summed E-state index contributed by atoms with van der Waals surface area (Å²) >= 11 is 0.